The number of carbonyl (C=O) groups excluding carboxylic acids is 3. The molecule has 4 bridgehead atoms. The van der Waals surface area contributed by atoms with Crippen molar-refractivity contribution in [2.75, 3.05) is 0 Å². The van der Waals surface area contributed by atoms with Gasteiger partial charge < -0.3 is 14.2 Å². The van der Waals surface area contributed by atoms with E-state index in [2.05, 4.69) is 251 Å². The van der Waals surface area contributed by atoms with Crippen molar-refractivity contribution in [1.29, 1.82) is 0 Å². The van der Waals surface area contributed by atoms with Crippen LogP contribution >= 0.6 is 136 Å². The van der Waals surface area contributed by atoms with Gasteiger partial charge in [-0.05, 0) is 271 Å². The van der Waals surface area contributed by atoms with Crippen LogP contribution in [-0.4, -0.2) is 42.0 Å². The van der Waals surface area contributed by atoms with E-state index in [-0.39, 0.29) is 75.9 Å². The fourth-order valence-corrected chi connectivity index (χ4v) is 22.2. The Morgan fingerprint density at radius 1 is 0.512 bits per heavy atom. The van der Waals surface area contributed by atoms with Crippen LogP contribution in [0.4, 0.5) is 30.7 Å². The minimum atomic E-state index is -5.41. The fourth-order valence-electron chi connectivity index (χ4n) is 10.2. The van der Waals surface area contributed by atoms with Crippen molar-refractivity contribution in [2.24, 2.45) is 22.7 Å². The van der Waals surface area contributed by atoms with Crippen LogP contribution in [0.15, 0.2) is 191 Å². The lowest BCUT2D eigenvalue weighted by Gasteiger charge is -2.59. The summed E-state index contributed by atoms with van der Waals surface area (Å²) in [6, 6.07) is 60.8. The number of ether oxygens (including phenoxy) is 3. The lowest BCUT2D eigenvalue weighted by molar-refractivity contribution is -0.597. The van der Waals surface area contributed by atoms with Crippen LogP contribution < -0.4 is 30.7 Å². The standard InChI is InChI=1S/C22H20F5I3O4.C18H15S.C12H10I.C9H5F2I3O2/c1-19(23,24)16(22(25,26)27)34-18(32)21-7-10-2-11(8-21)6-20(5-10,9-21)17(31)33-15-13(29)3-12(28)4-14(15)30;1-4-10-16(11-5-1)19(17-12-6-2-7-13-17)18-14-8-3-9-15-18;1-3-7-11(8-4-1)13-12-9-5-2-6-10-12;1-9(10,11)8(15)16-7-5(13)2-4(12)3-6(7)14/h3-4,10-11,16H,2,5-9H2,1H3;1-15H;1-10H;2-3H,1H3/q;2*+1;. The van der Waals surface area contributed by atoms with Gasteiger partial charge in [-0.1, -0.05) is 91.0 Å². The Bertz CT molecular complexity index is 3080. The molecular weight excluding hydrogens is 1880 g/mol. The zero-order valence-corrected chi connectivity index (χ0v) is 59.3. The van der Waals surface area contributed by atoms with E-state index in [1.807, 2.05) is 57.3 Å². The van der Waals surface area contributed by atoms with Crippen LogP contribution in [0.25, 0.3) is 0 Å². The summed E-state index contributed by atoms with van der Waals surface area (Å²) >= 11 is 12.3. The monoisotopic (exact) mass is 1930 g/mol. The SMILES string of the molecule is CC(F)(F)C(=O)Oc1c(I)cc(I)cc1I.CC(F)(F)C(OC(=O)C12CC3CC(CC(C(=O)Oc4c(I)cc(I)cc4I)(C3)C1)C2)C(F)(F)F.c1ccc([I+]c2ccccc2)cc1.c1ccc([S+](c2ccccc2)c2ccccc2)cc1. The summed E-state index contributed by atoms with van der Waals surface area (Å²) in [5.74, 6) is -10.7. The summed E-state index contributed by atoms with van der Waals surface area (Å²) in [5, 5.41) is 0. The summed E-state index contributed by atoms with van der Waals surface area (Å²) in [6.07, 6.45) is -6.87. The Kier molecular flexibility index (Phi) is 24.5. The molecule has 7 aromatic carbocycles. The first-order chi connectivity index (χ1) is 38.7. The largest absolute Gasteiger partial charge is 0.446 e. The van der Waals surface area contributed by atoms with E-state index in [0.717, 1.165) is 20.7 Å². The summed E-state index contributed by atoms with van der Waals surface area (Å²) < 4.78 is 115. The molecule has 21 heteroatoms. The highest BCUT2D eigenvalue weighted by molar-refractivity contribution is 14.1. The molecule has 4 aliphatic rings. The maximum Gasteiger partial charge on any atom is 0.431 e. The zero-order chi connectivity index (χ0) is 59.6. The Hall–Kier alpha value is -2.08. The minimum Gasteiger partial charge on any atom is -0.446 e. The van der Waals surface area contributed by atoms with Crippen molar-refractivity contribution in [2.45, 2.75) is 91.2 Å². The number of benzene rings is 7. The van der Waals surface area contributed by atoms with Gasteiger partial charge in [0.25, 0.3) is 12.0 Å². The van der Waals surface area contributed by atoms with Crippen LogP contribution in [0.2, 0.25) is 0 Å². The molecule has 6 nitrogen and oxygen atoms in total. The number of carbonyl (C=O) groups is 3. The van der Waals surface area contributed by atoms with Crippen molar-refractivity contribution in [3.8, 4) is 11.5 Å². The molecule has 0 aliphatic heterocycles. The van der Waals surface area contributed by atoms with Crippen molar-refractivity contribution in [3.05, 3.63) is 204 Å². The van der Waals surface area contributed by atoms with Crippen molar-refractivity contribution >= 4 is 164 Å². The normalized spacial score (nSPS) is 19.2. The molecular formula is C61H50F7I7O6S+2. The summed E-state index contributed by atoms with van der Waals surface area (Å²) in [5.41, 5.74) is -2.45. The molecule has 4 aliphatic carbocycles. The zero-order valence-electron chi connectivity index (χ0n) is 43.4. The van der Waals surface area contributed by atoms with Gasteiger partial charge in [-0.25, -0.2) is 13.6 Å². The number of halogens is 14. The van der Waals surface area contributed by atoms with Gasteiger partial charge in [0.15, 0.2) is 33.3 Å². The number of rotatable bonds is 12. The molecule has 3 unspecified atom stereocenters. The van der Waals surface area contributed by atoms with Crippen LogP contribution in [0.1, 0.15) is 52.4 Å². The number of esters is 3. The first-order valence-electron chi connectivity index (χ1n) is 25.1. The van der Waals surface area contributed by atoms with E-state index >= 15 is 0 Å². The van der Waals surface area contributed by atoms with Gasteiger partial charge >= 0.3 is 51.2 Å². The summed E-state index contributed by atoms with van der Waals surface area (Å²) in [7, 11) is -0.0146. The second-order valence-corrected chi connectivity index (χ2v) is 32.0. The van der Waals surface area contributed by atoms with Gasteiger partial charge in [-0.3, -0.25) is 9.59 Å². The predicted molar refractivity (Wildman–Crippen MR) is 349 cm³/mol. The quantitative estimate of drug-likeness (QED) is 0.0399. The third-order valence-electron chi connectivity index (χ3n) is 13.2. The Morgan fingerprint density at radius 2 is 0.841 bits per heavy atom. The number of hydrogen-bond donors (Lipinski definition) is 0. The van der Waals surface area contributed by atoms with Crippen LogP contribution in [-0.2, 0) is 30.0 Å². The van der Waals surface area contributed by atoms with Crippen LogP contribution in [0.3, 0.4) is 0 Å². The van der Waals surface area contributed by atoms with E-state index in [9.17, 15) is 45.1 Å². The first-order valence-corrected chi connectivity index (χ1v) is 34.9. The maximum atomic E-state index is 13.7. The molecule has 4 saturated carbocycles. The van der Waals surface area contributed by atoms with E-state index in [4.69, 9.17) is 4.74 Å². The second-order valence-electron chi connectivity index (χ2n) is 19.8. The first kappa shape index (κ1) is 67.4. The molecule has 4 fully saturated rings. The van der Waals surface area contributed by atoms with Crippen molar-refractivity contribution in [3.63, 3.8) is 0 Å². The smallest absolute Gasteiger partial charge is 0.431 e. The molecule has 3 atom stereocenters. The second kappa shape index (κ2) is 29.7. The molecule has 11 rings (SSSR count). The van der Waals surface area contributed by atoms with Crippen LogP contribution in [0, 0.1) is 51.2 Å². The molecule has 0 heterocycles. The van der Waals surface area contributed by atoms with Gasteiger partial charge in [-0.15, -0.1) is 0 Å². The molecule has 0 saturated heterocycles. The van der Waals surface area contributed by atoms with Gasteiger partial charge in [0.2, 0.25) is 0 Å². The third-order valence-corrected chi connectivity index (χ3v) is 22.6. The number of alkyl halides is 7. The van der Waals surface area contributed by atoms with Crippen molar-refractivity contribution in [1.82, 2.24) is 0 Å². The Balaban J connectivity index is 0.000000170. The molecule has 7 aromatic rings. The number of hydrogen-bond acceptors (Lipinski definition) is 6. The fraction of sp³-hybridized carbons (Fsp3) is 0.262. The third kappa shape index (κ3) is 18.5. The molecule has 0 aromatic heterocycles. The highest BCUT2D eigenvalue weighted by atomic mass is 127. The Labute approximate surface area is 567 Å². The lowest BCUT2D eigenvalue weighted by Crippen LogP contribution is -3.61. The molecule has 0 amide bonds. The van der Waals surface area contributed by atoms with Crippen molar-refractivity contribution < 1.29 is 80.5 Å². The summed E-state index contributed by atoms with van der Waals surface area (Å²) in [6.45, 7) is 0.600. The van der Waals surface area contributed by atoms with E-state index in [1.54, 1.807) is 12.1 Å². The van der Waals surface area contributed by atoms with Crippen LogP contribution in [0.5, 0.6) is 11.5 Å². The molecule has 0 N–H and O–H groups in total. The molecule has 0 spiro atoms. The Morgan fingerprint density at radius 3 is 1.17 bits per heavy atom. The van der Waals surface area contributed by atoms with Gasteiger partial charge in [-0.2, -0.15) is 22.0 Å². The molecule has 82 heavy (non-hydrogen) atoms. The summed E-state index contributed by atoms with van der Waals surface area (Å²) in [4.78, 5) is 41.7. The molecule has 0 radical (unpaired) electrons. The van der Waals surface area contributed by atoms with Gasteiger partial charge in [0, 0.05) is 21.0 Å². The lowest BCUT2D eigenvalue weighted by atomic mass is 9.44. The van der Waals surface area contributed by atoms with E-state index in [1.165, 1.54) is 21.8 Å². The molecule has 432 valence electrons. The highest BCUT2D eigenvalue weighted by Gasteiger charge is 2.66. The van der Waals surface area contributed by atoms with E-state index in [0.29, 0.717) is 32.7 Å². The topological polar surface area (TPSA) is 78.9 Å². The highest BCUT2D eigenvalue weighted by Crippen LogP contribution is 2.66. The minimum absolute atomic E-state index is 0.0146. The van der Waals surface area contributed by atoms with E-state index < -0.39 is 52.9 Å². The predicted octanol–water partition coefficient (Wildman–Crippen LogP) is 15.8. The van der Waals surface area contributed by atoms with Gasteiger partial charge in [0.05, 0.1) is 36.0 Å². The average molecular weight is 1930 g/mol. The average Bonchev–Trinajstić information content (AvgIpc) is 2.26. The van der Waals surface area contributed by atoms with Gasteiger partial charge in [0.1, 0.15) is 0 Å². The maximum absolute atomic E-state index is 13.7.